The number of cyclic esters (lactones) is 1. The molecule has 2 rings (SSSR count). The molecule has 1 fully saturated rings. The second-order valence-corrected chi connectivity index (χ2v) is 4.68. The molecular formula is C13H19N3O2. The number of hydrogen-bond donors (Lipinski definition) is 1. The summed E-state index contributed by atoms with van der Waals surface area (Å²) in [5, 5.41) is 0. The number of nitrogens with zero attached hydrogens (tertiary/aromatic N) is 2. The molecule has 1 aromatic carbocycles. The lowest BCUT2D eigenvalue weighted by Gasteiger charge is -2.15. The summed E-state index contributed by atoms with van der Waals surface area (Å²) in [6.07, 6.45) is -0.444. The van der Waals surface area contributed by atoms with Gasteiger partial charge in [0, 0.05) is 32.9 Å². The van der Waals surface area contributed by atoms with Gasteiger partial charge in [0.15, 0.2) is 0 Å². The minimum Gasteiger partial charge on any atom is -0.443 e. The lowest BCUT2D eigenvalue weighted by molar-refractivity contribution is 0.134. The highest BCUT2D eigenvalue weighted by molar-refractivity contribution is 5.70. The molecule has 5 heteroatoms. The van der Waals surface area contributed by atoms with Gasteiger partial charge in [-0.3, -0.25) is 0 Å². The van der Waals surface area contributed by atoms with Crippen molar-refractivity contribution in [1.82, 2.24) is 4.90 Å². The Hall–Kier alpha value is -1.75. The molecule has 1 saturated heterocycles. The van der Waals surface area contributed by atoms with Crippen LogP contribution in [0.2, 0.25) is 0 Å². The summed E-state index contributed by atoms with van der Waals surface area (Å²) in [5.41, 5.74) is 7.73. The fraction of sp³-hybridized carbons (Fsp3) is 0.462. The fourth-order valence-corrected chi connectivity index (χ4v) is 1.95. The van der Waals surface area contributed by atoms with Crippen molar-refractivity contribution in [3.63, 3.8) is 0 Å². The van der Waals surface area contributed by atoms with E-state index in [0.29, 0.717) is 19.6 Å². The van der Waals surface area contributed by atoms with E-state index in [-0.39, 0.29) is 12.2 Å². The second-order valence-electron chi connectivity index (χ2n) is 4.68. The molecule has 2 N–H and O–H groups in total. The zero-order valence-electron chi connectivity index (χ0n) is 10.8. The third-order valence-electron chi connectivity index (χ3n) is 3.04. The van der Waals surface area contributed by atoms with E-state index in [1.165, 1.54) is 0 Å². The van der Waals surface area contributed by atoms with Gasteiger partial charge < -0.3 is 20.3 Å². The van der Waals surface area contributed by atoms with Gasteiger partial charge in [0.2, 0.25) is 0 Å². The van der Waals surface area contributed by atoms with Crippen LogP contribution in [-0.4, -0.2) is 44.3 Å². The van der Waals surface area contributed by atoms with Crippen molar-refractivity contribution in [3.8, 4) is 0 Å². The molecular weight excluding hydrogens is 230 g/mol. The molecule has 1 aliphatic rings. The first-order valence-electron chi connectivity index (χ1n) is 6.02. The average Bonchev–Trinajstić information content (AvgIpc) is 2.71. The zero-order chi connectivity index (χ0) is 13.1. The van der Waals surface area contributed by atoms with Gasteiger partial charge in [-0.2, -0.15) is 0 Å². The Kier molecular flexibility index (Phi) is 3.72. The van der Waals surface area contributed by atoms with Crippen LogP contribution in [0.4, 0.5) is 10.5 Å². The number of amides is 1. The standard InChI is InChI=1S/C13H19N3O2/c1-15(2)11-5-3-10(4-6-11)8-16-9-12(7-14)18-13(16)17/h3-6,12H,7-9,14H2,1-2H3. The van der Waals surface area contributed by atoms with Crippen LogP contribution in [0.25, 0.3) is 0 Å². The molecule has 0 aromatic heterocycles. The van der Waals surface area contributed by atoms with Crippen molar-refractivity contribution >= 4 is 11.8 Å². The van der Waals surface area contributed by atoms with E-state index in [0.717, 1.165) is 11.3 Å². The van der Waals surface area contributed by atoms with Crippen molar-refractivity contribution < 1.29 is 9.53 Å². The maximum absolute atomic E-state index is 11.6. The molecule has 98 valence electrons. The fourth-order valence-electron chi connectivity index (χ4n) is 1.95. The first-order valence-corrected chi connectivity index (χ1v) is 6.02. The van der Waals surface area contributed by atoms with E-state index in [4.69, 9.17) is 10.5 Å². The molecule has 0 aliphatic carbocycles. The molecule has 1 heterocycles. The molecule has 0 radical (unpaired) electrons. The molecule has 1 unspecified atom stereocenters. The lowest BCUT2D eigenvalue weighted by atomic mass is 10.2. The summed E-state index contributed by atoms with van der Waals surface area (Å²) in [6, 6.07) is 8.13. The van der Waals surface area contributed by atoms with E-state index < -0.39 is 0 Å². The molecule has 1 amide bonds. The van der Waals surface area contributed by atoms with E-state index in [1.807, 2.05) is 43.3 Å². The molecule has 0 bridgehead atoms. The molecule has 1 aromatic rings. The Balaban J connectivity index is 1.99. The Morgan fingerprint density at radius 2 is 2.06 bits per heavy atom. The smallest absolute Gasteiger partial charge is 0.410 e. The Morgan fingerprint density at radius 1 is 1.39 bits per heavy atom. The minimum atomic E-state index is -0.276. The highest BCUT2D eigenvalue weighted by atomic mass is 16.6. The van der Waals surface area contributed by atoms with Gasteiger partial charge in [0.1, 0.15) is 6.10 Å². The first kappa shape index (κ1) is 12.7. The van der Waals surface area contributed by atoms with Gasteiger partial charge in [-0.05, 0) is 17.7 Å². The molecule has 1 aliphatic heterocycles. The summed E-state index contributed by atoms with van der Waals surface area (Å²) in [7, 11) is 4.00. The van der Waals surface area contributed by atoms with Crippen LogP contribution >= 0.6 is 0 Å². The summed E-state index contributed by atoms with van der Waals surface area (Å²) in [5.74, 6) is 0. The molecule has 0 saturated carbocycles. The number of rotatable bonds is 4. The van der Waals surface area contributed by atoms with Gasteiger partial charge in [0.25, 0.3) is 0 Å². The van der Waals surface area contributed by atoms with Crippen LogP contribution in [0.15, 0.2) is 24.3 Å². The van der Waals surface area contributed by atoms with E-state index in [1.54, 1.807) is 4.90 Å². The van der Waals surface area contributed by atoms with E-state index >= 15 is 0 Å². The largest absolute Gasteiger partial charge is 0.443 e. The molecule has 5 nitrogen and oxygen atoms in total. The number of ether oxygens (including phenoxy) is 1. The van der Waals surface area contributed by atoms with Crippen LogP contribution in [-0.2, 0) is 11.3 Å². The first-order chi connectivity index (χ1) is 8.60. The highest BCUT2D eigenvalue weighted by Crippen LogP contribution is 2.17. The third-order valence-corrected chi connectivity index (χ3v) is 3.04. The Morgan fingerprint density at radius 3 is 2.56 bits per heavy atom. The van der Waals surface area contributed by atoms with Crippen LogP contribution in [0.5, 0.6) is 0 Å². The van der Waals surface area contributed by atoms with Crippen LogP contribution in [0.1, 0.15) is 5.56 Å². The topological polar surface area (TPSA) is 58.8 Å². The maximum Gasteiger partial charge on any atom is 0.410 e. The summed E-state index contributed by atoms with van der Waals surface area (Å²) in [6.45, 7) is 1.52. The number of hydrogen-bond acceptors (Lipinski definition) is 4. The Bertz CT molecular complexity index is 417. The maximum atomic E-state index is 11.6. The number of carbonyl (C=O) groups excluding carboxylic acids is 1. The van der Waals surface area contributed by atoms with Crippen molar-refractivity contribution in [1.29, 1.82) is 0 Å². The monoisotopic (exact) mass is 249 g/mol. The lowest BCUT2D eigenvalue weighted by Crippen LogP contribution is -2.27. The predicted octanol–water partition coefficient (Wildman–Crippen LogP) is 1.03. The van der Waals surface area contributed by atoms with Crippen LogP contribution in [0, 0.1) is 0 Å². The number of benzene rings is 1. The number of nitrogens with two attached hydrogens (primary N) is 1. The number of carbonyl (C=O) groups is 1. The normalized spacial score (nSPS) is 18.9. The van der Waals surface area contributed by atoms with Gasteiger partial charge in [0.05, 0.1) is 6.54 Å². The van der Waals surface area contributed by atoms with Crippen LogP contribution < -0.4 is 10.6 Å². The average molecular weight is 249 g/mol. The van der Waals surface area contributed by atoms with Crippen LogP contribution in [0.3, 0.4) is 0 Å². The summed E-state index contributed by atoms with van der Waals surface area (Å²) < 4.78 is 5.11. The molecule has 1 atom stereocenters. The van der Waals surface area contributed by atoms with Crippen molar-refractivity contribution in [3.05, 3.63) is 29.8 Å². The quantitative estimate of drug-likeness (QED) is 0.866. The van der Waals surface area contributed by atoms with Crippen molar-refractivity contribution in [2.75, 3.05) is 32.1 Å². The third kappa shape index (κ3) is 2.73. The predicted molar refractivity (Wildman–Crippen MR) is 70.5 cm³/mol. The van der Waals surface area contributed by atoms with E-state index in [2.05, 4.69) is 0 Å². The van der Waals surface area contributed by atoms with Gasteiger partial charge in [-0.25, -0.2) is 4.79 Å². The highest BCUT2D eigenvalue weighted by Gasteiger charge is 2.29. The van der Waals surface area contributed by atoms with Gasteiger partial charge in [-0.1, -0.05) is 12.1 Å². The number of anilines is 1. The molecule has 0 spiro atoms. The zero-order valence-corrected chi connectivity index (χ0v) is 10.8. The van der Waals surface area contributed by atoms with E-state index in [9.17, 15) is 4.79 Å². The summed E-state index contributed by atoms with van der Waals surface area (Å²) in [4.78, 5) is 15.3. The molecule has 18 heavy (non-hydrogen) atoms. The van der Waals surface area contributed by atoms with Gasteiger partial charge >= 0.3 is 6.09 Å². The van der Waals surface area contributed by atoms with Crippen molar-refractivity contribution in [2.24, 2.45) is 5.73 Å². The SMILES string of the molecule is CN(C)c1ccc(CN2CC(CN)OC2=O)cc1. The van der Waals surface area contributed by atoms with Gasteiger partial charge in [-0.15, -0.1) is 0 Å². The second kappa shape index (κ2) is 5.27. The Labute approximate surface area is 107 Å². The summed E-state index contributed by atoms with van der Waals surface area (Å²) >= 11 is 0. The minimum absolute atomic E-state index is 0.168. The van der Waals surface area contributed by atoms with Crippen molar-refractivity contribution in [2.45, 2.75) is 12.6 Å².